The highest BCUT2D eigenvalue weighted by molar-refractivity contribution is 5.14. The van der Waals surface area contributed by atoms with E-state index in [1.807, 2.05) is 0 Å². The highest BCUT2D eigenvalue weighted by Crippen LogP contribution is 2.36. The van der Waals surface area contributed by atoms with E-state index in [-0.39, 0.29) is 0 Å². The molecule has 1 aliphatic carbocycles. The molecule has 2 N–H and O–H groups in total. The van der Waals surface area contributed by atoms with Gasteiger partial charge in [-0.3, -0.25) is 0 Å². The minimum atomic E-state index is 0.369. The maximum absolute atomic E-state index is 8.42. The van der Waals surface area contributed by atoms with Crippen molar-refractivity contribution in [1.82, 2.24) is 10.6 Å². The predicted molar refractivity (Wildman–Crippen MR) is 50.8 cm³/mol. The quantitative estimate of drug-likeness (QED) is 0.625. The van der Waals surface area contributed by atoms with Gasteiger partial charge in [-0.15, -0.1) is 0 Å². The van der Waals surface area contributed by atoms with Gasteiger partial charge in [0.15, 0.2) is 0 Å². The molecule has 3 nitrogen and oxygen atoms in total. The van der Waals surface area contributed by atoms with E-state index in [1.165, 1.54) is 19.3 Å². The molecule has 1 heterocycles. The van der Waals surface area contributed by atoms with E-state index in [0.29, 0.717) is 18.6 Å². The van der Waals surface area contributed by atoms with Crippen molar-refractivity contribution in [1.29, 1.82) is 5.26 Å². The van der Waals surface area contributed by atoms with Crippen molar-refractivity contribution in [3.63, 3.8) is 0 Å². The SMILES string of the molecule is C=C(NCC#N)C1NC2CCC1C2. The summed E-state index contributed by atoms with van der Waals surface area (Å²) in [5.74, 6) is 0.753. The third-order valence-corrected chi connectivity index (χ3v) is 3.13. The van der Waals surface area contributed by atoms with Gasteiger partial charge in [0, 0.05) is 17.8 Å². The fraction of sp³-hybridized carbons (Fsp3) is 0.700. The highest BCUT2D eigenvalue weighted by atomic mass is 15.1. The molecule has 0 aromatic heterocycles. The molecule has 0 aromatic rings. The summed E-state index contributed by atoms with van der Waals surface area (Å²) in [5.41, 5.74) is 0.994. The van der Waals surface area contributed by atoms with Crippen molar-refractivity contribution in [2.75, 3.05) is 6.54 Å². The average Bonchev–Trinajstić information content (AvgIpc) is 2.74. The Bertz CT molecular complexity index is 253. The van der Waals surface area contributed by atoms with Gasteiger partial charge in [0.25, 0.3) is 0 Å². The average molecular weight is 177 g/mol. The van der Waals surface area contributed by atoms with Crippen LogP contribution in [0.15, 0.2) is 12.3 Å². The van der Waals surface area contributed by atoms with Crippen LogP contribution in [-0.2, 0) is 0 Å². The fourth-order valence-corrected chi connectivity index (χ4v) is 2.51. The summed E-state index contributed by atoms with van der Waals surface area (Å²) in [4.78, 5) is 0. The Kier molecular flexibility index (Phi) is 2.24. The second-order valence-electron chi connectivity index (χ2n) is 3.95. The number of hydrogen-bond acceptors (Lipinski definition) is 3. The first-order chi connectivity index (χ1) is 6.31. The molecule has 0 aromatic carbocycles. The zero-order valence-corrected chi connectivity index (χ0v) is 7.71. The molecule has 1 saturated carbocycles. The molecule has 70 valence electrons. The van der Waals surface area contributed by atoms with E-state index in [1.54, 1.807) is 0 Å². The van der Waals surface area contributed by atoms with Crippen LogP contribution in [0, 0.1) is 17.2 Å². The predicted octanol–water partition coefficient (Wildman–Crippen LogP) is 0.754. The maximum atomic E-state index is 8.42. The molecule has 2 rings (SSSR count). The fourth-order valence-electron chi connectivity index (χ4n) is 2.51. The minimum absolute atomic E-state index is 0.369. The molecule has 3 heteroatoms. The summed E-state index contributed by atoms with van der Waals surface area (Å²) in [6.07, 6.45) is 3.92. The molecule has 2 fully saturated rings. The second kappa shape index (κ2) is 3.39. The molecule has 1 saturated heterocycles. The minimum Gasteiger partial charge on any atom is -0.375 e. The number of piperidine rings is 1. The lowest BCUT2D eigenvalue weighted by Gasteiger charge is -2.25. The molecular formula is C10H15N3. The summed E-state index contributed by atoms with van der Waals surface area (Å²) in [6, 6.07) is 3.18. The number of rotatable bonds is 3. The smallest absolute Gasteiger partial charge is 0.103 e. The lowest BCUT2D eigenvalue weighted by Crippen LogP contribution is -2.40. The van der Waals surface area contributed by atoms with Crippen LogP contribution in [0.2, 0.25) is 0 Å². The van der Waals surface area contributed by atoms with Crippen molar-refractivity contribution in [3.05, 3.63) is 12.3 Å². The van der Waals surface area contributed by atoms with Crippen LogP contribution in [0.1, 0.15) is 19.3 Å². The van der Waals surface area contributed by atoms with Gasteiger partial charge in [0.1, 0.15) is 6.54 Å². The van der Waals surface area contributed by atoms with Crippen molar-refractivity contribution < 1.29 is 0 Å². The van der Waals surface area contributed by atoms with Gasteiger partial charge in [-0.05, 0) is 25.2 Å². The van der Waals surface area contributed by atoms with Gasteiger partial charge in [0.05, 0.1) is 6.07 Å². The van der Waals surface area contributed by atoms with Crippen LogP contribution in [0.4, 0.5) is 0 Å². The van der Waals surface area contributed by atoms with E-state index >= 15 is 0 Å². The Labute approximate surface area is 78.8 Å². The molecule has 2 bridgehead atoms. The highest BCUT2D eigenvalue weighted by Gasteiger charge is 2.40. The molecule has 2 aliphatic rings. The second-order valence-corrected chi connectivity index (χ2v) is 3.95. The third kappa shape index (κ3) is 1.54. The number of nitrogens with zero attached hydrogens (tertiary/aromatic N) is 1. The Morgan fingerprint density at radius 3 is 3.00 bits per heavy atom. The van der Waals surface area contributed by atoms with Gasteiger partial charge in [-0.25, -0.2) is 0 Å². The van der Waals surface area contributed by atoms with Gasteiger partial charge >= 0.3 is 0 Å². The first-order valence-corrected chi connectivity index (χ1v) is 4.87. The summed E-state index contributed by atoms with van der Waals surface area (Å²) in [7, 11) is 0. The molecule has 0 spiro atoms. The van der Waals surface area contributed by atoms with Gasteiger partial charge in [-0.1, -0.05) is 6.58 Å². The van der Waals surface area contributed by atoms with Crippen molar-refractivity contribution in [2.45, 2.75) is 31.3 Å². The zero-order valence-electron chi connectivity index (χ0n) is 7.71. The molecule has 3 atom stereocenters. The van der Waals surface area contributed by atoms with Crippen LogP contribution in [0.25, 0.3) is 0 Å². The molecule has 3 unspecified atom stereocenters. The normalized spacial score (nSPS) is 35.8. The number of nitriles is 1. The van der Waals surface area contributed by atoms with Crippen molar-refractivity contribution >= 4 is 0 Å². The summed E-state index contributed by atoms with van der Waals surface area (Å²) < 4.78 is 0. The van der Waals surface area contributed by atoms with E-state index in [2.05, 4.69) is 23.3 Å². The number of nitrogens with one attached hydrogen (secondary N) is 2. The Hall–Kier alpha value is -1.01. The largest absolute Gasteiger partial charge is 0.375 e. The van der Waals surface area contributed by atoms with Crippen LogP contribution < -0.4 is 10.6 Å². The molecular weight excluding hydrogens is 162 g/mol. The standard InChI is InChI=1S/C10H15N3/c1-7(12-5-4-11)10-8-2-3-9(6-8)13-10/h8-10,12-13H,1-3,5-6H2. The summed E-state index contributed by atoms with van der Waals surface area (Å²) >= 11 is 0. The summed E-state index contributed by atoms with van der Waals surface area (Å²) in [5, 5.41) is 15.0. The van der Waals surface area contributed by atoms with Crippen molar-refractivity contribution in [3.8, 4) is 6.07 Å². The molecule has 0 radical (unpaired) electrons. The van der Waals surface area contributed by atoms with E-state index in [0.717, 1.165) is 11.6 Å². The number of fused-ring (bicyclic) bond motifs is 2. The van der Waals surface area contributed by atoms with Crippen LogP contribution >= 0.6 is 0 Å². The van der Waals surface area contributed by atoms with Crippen LogP contribution in [0.3, 0.4) is 0 Å². The lowest BCUT2D eigenvalue weighted by atomic mass is 9.98. The molecule has 13 heavy (non-hydrogen) atoms. The van der Waals surface area contributed by atoms with Crippen LogP contribution in [0.5, 0.6) is 0 Å². The van der Waals surface area contributed by atoms with E-state index < -0.39 is 0 Å². The van der Waals surface area contributed by atoms with Crippen molar-refractivity contribution in [2.24, 2.45) is 5.92 Å². The molecule has 0 amide bonds. The number of hydrogen-bond donors (Lipinski definition) is 2. The van der Waals surface area contributed by atoms with Gasteiger partial charge in [0.2, 0.25) is 0 Å². The van der Waals surface area contributed by atoms with E-state index in [9.17, 15) is 0 Å². The Morgan fingerprint density at radius 2 is 2.46 bits per heavy atom. The lowest BCUT2D eigenvalue weighted by molar-refractivity contribution is 0.409. The van der Waals surface area contributed by atoms with Gasteiger partial charge in [-0.2, -0.15) is 5.26 Å². The first kappa shape index (κ1) is 8.58. The van der Waals surface area contributed by atoms with E-state index in [4.69, 9.17) is 5.26 Å². The molecule has 1 aliphatic heterocycles. The zero-order chi connectivity index (χ0) is 9.26. The Balaban J connectivity index is 1.88. The first-order valence-electron chi connectivity index (χ1n) is 4.87. The van der Waals surface area contributed by atoms with Gasteiger partial charge < -0.3 is 10.6 Å². The Morgan fingerprint density at radius 1 is 1.62 bits per heavy atom. The summed E-state index contributed by atoms with van der Waals surface area (Å²) in [6.45, 7) is 4.34. The van der Waals surface area contributed by atoms with Crippen LogP contribution in [-0.4, -0.2) is 18.6 Å². The third-order valence-electron chi connectivity index (χ3n) is 3.13. The monoisotopic (exact) mass is 177 g/mol. The maximum Gasteiger partial charge on any atom is 0.103 e. The topological polar surface area (TPSA) is 47.9 Å².